The lowest BCUT2D eigenvalue weighted by Crippen LogP contribution is -2.23. The van der Waals surface area contributed by atoms with Crippen LogP contribution in [0, 0.1) is 5.82 Å². The summed E-state index contributed by atoms with van der Waals surface area (Å²) in [6.45, 7) is 2.56. The number of nitrogens with zero attached hydrogens (tertiary/aromatic N) is 3. The highest BCUT2D eigenvalue weighted by atomic mass is 32.1. The zero-order valence-corrected chi connectivity index (χ0v) is 18.4. The van der Waals surface area contributed by atoms with Gasteiger partial charge in [-0.15, -0.1) is 5.10 Å². The number of ether oxygens (including phenoxy) is 1. The molecule has 5 aromatic rings. The Bertz CT molecular complexity index is 1550. The maximum atomic E-state index is 13.1. The Morgan fingerprint density at radius 3 is 2.58 bits per heavy atom. The van der Waals surface area contributed by atoms with Gasteiger partial charge in [0.05, 0.1) is 6.61 Å². The van der Waals surface area contributed by atoms with Crippen LogP contribution in [0.3, 0.4) is 0 Å². The molecule has 3 aromatic heterocycles. The molecule has 2 aromatic carbocycles. The molecular formula is C25H18FN3O3S. The molecule has 8 heteroatoms. The SMILES string of the molecule is CCOc1ccc(/C=C/c2nc3s/c(=C\c4ccc(-c5ccc(F)cc5)o4)c(=O)n3n2)cc1. The molecule has 0 fully saturated rings. The van der Waals surface area contributed by atoms with Crippen molar-refractivity contribution in [2.75, 3.05) is 6.61 Å². The summed E-state index contributed by atoms with van der Waals surface area (Å²) in [6, 6.07) is 17.3. The molecule has 164 valence electrons. The largest absolute Gasteiger partial charge is 0.494 e. The van der Waals surface area contributed by atoms with Crippen molar-refractivity contribution in [3.63, 3.8) is 0 Å². The van der Waals surface area contributed by atoms with Crippen LogP contribution in [0.25, 0.3) is 34.5 Å². The van der Waals surface area contributed by atoms with Crippen molar-refractivity contribution in [3.8, 4) is 17.1 Å². The van der Waals surface area contributed by atoms with Gasteiger partial charge in [-0.25, -0.2) is 4.39 Å². The summed E-state index contributed by atoms with van der Waals surface area (Å²) >= 11 is 1.24. The zero-order chi connectivity index (χ0) is 22.8. The van der Waals surface area contributed by atoms with Crippen molar-refractivity contribution in [1.29, 1.82) is 0 Å². The molecule has 0 amide bonds. The Balaban J connectivity index is 1.37. The third-order valence-corrected chi connectivity index (χ3v) is 5.80. The van der Waals surface area contributed by atoms with E-state index in [1.807, 2.05) is 37.3 Å². The molecule has 0 saturated heterocycles. The van der Waals surface area contributed by atoms with Crippen molar-refractivity contribution in [2.24, 2.45) is 0 Å². The molecule has 0 bridgehead atoms. The lowest BCUT2D eigenvalue weighted by Gasteiger charge is -2.01. The fourth-order valence-corrected chi connectivity index (χ4v) is 4.16. The smallest absolute Gasteiger partial charge is 0.291 e. The van der Waals surface area contributed by atoms with Crippen LogP contribution in [-0.2, 0) is 0 Å². The molecule has 0 saturated carbocycles. The number of benzene rings is 2. The van der Waals surface area contributed by atoms with Gasteiger partial charge in [0.25, 0.3) is 5.56 Å². The van der Waals surface area contributed by atoms with Crippen LogP contribution >= 0.6 is 11.3 Å². The monoisotopic (exact) mass is 459 g/mol. The highest BCUT2D eigenvalue weighted by Gasteiger charge is 2.10. The first-order valence-electron chi connectivity index (χ1n) is 10.3. The Labute approximate surface area is 191 Å². The summed E-state index contributed by atoms with van der Waals surface area (Å²) in [5, 5.41) is 4.30. The van der Waals surface area contributed by atoms with Gasteiger partial charge in [0, 0.05) is 11.6 Å². The number of hydrogen-bond donors (Lipinski definition) is 0. The molecule has 0 radical (unpaired) electrons. The Morgan fingerprint density at radius 2 is 1.85 bits per heavy atom. The van der Waals surface area contributed by atoms with Gasteiger partial charge in [-0.1, -0.05) is 29.5 Å². The summed E-state index contributed by atoms with van der Waals surface area (Å²) in [5.74, 6) is 2.07. The minimum atomic E-state index is -0.309. The first-order chi connectivity index (χ1) is 16.1. The average Bonchev–Trinajstić information content (AvgIpc) is 3.52. The van der Waals surface area contributed by atoms with Gasteiger partial charge in [-0.05, 0) is 67.1 Å². The normalized spacial score (nSPS) is 12.2. The third-order valence-electron chi connectivity index (χ3n) is 4.84. The Hall–Kier alpha value is -4.04. The topological polar surface area (TPSA) is 69.6 Å². The minimum absolute atomic E-state index is 0.261. The van der Waals surface area contributed by atoms with Gasteiger partial charge in [0.15, 0.2) is 5.82 Å². The quantitative estimate of drug-likeness (QED) is 0.369. The van der Waals surface area contributed by atoms with Crippen molar-refractivity contribution in [3.05, 3.63) is 98.5 Å². The number of rotatable bonds is 6. The van der Waals surface area contributed by atoms with Crippen LogP contribution in [0.1, 0.15) is 24.1 Å². The van der Waals surface area contributed by atoms with Gasteiger partial charge >= 0.3 is 0 Å². The van der Waals surface area contributed by atoms with Crippen molar-refractivity contribution in [1.82, 2.24) is 14.6 Å². The Morgan fingerprint density at radius 1 is 1.06 bits per heavy atom. The number of halogens is 1. The van der Waals surface area contributed by atoms with Crippen LogP contribution in [0.15, 0.2) is 69.9 Å². The lowest BCUT2D eigenvalue weighted by atomic mass is 10.2. The fourth-order valence-electron chi connectivity index (χ4n) is 3.26. The zero-order valence-electron chi connectivity index (χ0n) is 17.6. The molecule has 0 atom stereocenters. The first-order valence-corrected chi connectivity index (χ1v) is 11.1. The van der Waals surface area contributed by atoms with E-state index in [4.69, 9.17) is 9.15 Å². The molecule has 0 aliphatic heterocycles. The maximum Gasteiger partial charge on any atom is 0.291 e. The van der Waals surface area contributed by atoms with Gasteiger partial charge in [0.1, 0.15) is 27.6 Å². The second-order valence-electron chi connectivity index (χ2n) is 7.12. The Kier molecular flexibility index (Phi) is 5.58. The highest BCUT2D eigenvalue weighted by molar-refractivity contribution is 7.15. The van der Waals surface area contributed by atoms with E-state index in [0.29, 0.717) is 33.4 Å². The van der Waals surface area contributed by atoms with E-state index in [1.54, 1.807) is 36.4 Å². The van der Waals surface area contributed by atoms with Crippen molar-refractivity contribution < 1.29 is 13.5 Å². The number of furan rings is 1. The van der Waals surface area contributed by atoms with Crippen LogP contribution in [0.4, 0.5) is 4.39 Å². The van der Waals surface area contributed by atoms with Gasteiger partial charge in [-0.3, -0.25) is 4.79 Å². The third kappa shape index (κ3) is 4.47. The molecule has 0 unspecified atom stereocenters. The van der Waals surface area contributed by atoms with Gasteiger partial charge < -0.3 is 9.15 Å². The average molecular weight is 460 g/mol. The van der Waals surface area contributed by atoms with Crippen molar-refractivity contribution >= 4 is 34.5 Å². The van der Waals surface area contributed by atoms with Crippen molar-refractivity contribution in [2.45, 2.75) is 6.92 Å². The second kappa shape index (κ2) is 8.84. The van der Waals surface area contributed by atoms with E-state index < -0.39 is 0 Å². The summed E-state index contributed by atoms with van der Waals surface area (Å²) in [5.41, 5.74) is 1.47. The molecule has 0 spiro atoms. The number of aromatic nitrogens is 3. The van der Waals surface area contributed by atoms with Crippen LogP contribution in [-0.4, -0.2) is 21.2 Å². The summed E-state index contributed by atoms with van der Waals surface area (Å²) in [6.07, 6.45) is 5.30. The molecule has 6 nitrogen and oxygen atoms in total. The van der Waals surface area contributed by atoms with E-state index in [0.717, 1.165) is 16.9 Å². The molecule has 0 N–H and O–H groups in total. The molecule has 3 heterocycles. The maximum absolute atomic E-state index is 13.1. The molecular weight excluding hydrogens is 441 g/mol. The van der Waals surface area contributed by atoms with E-state index >= 15 is 0 Å². The molecule has 0 aliphatic rings. The fraction of sp³-hybridized carbons (Fsp3) is 0.0800. The molecule has 0 aliphatic carbocycles. The van der Waals surface area contributed by atoms with Gasteiger partial charge in [-0.2, -0.15) is 9.50 Å². The summed E-state index contributed by atoms with van der Waals surface area (Å²) < 4.78 is 26.1. The van der Waals surface area contributed by atoms with Crippen LogP contribution in [0.5, 0.6) is 5.75 Å². The lowest BCUT2D eigenvalue weighted by molar-refractivity contribution is 0.340. The summed E-state index contributed by atoms with van der Waals surface area (Å²) in [4.78, 5) is 17.7. The van der Waals surface area contributed by atoms with Crippen LogP contribution in [0.2, 0.25) is 0 Å². The van der Waals surface area contributed by atoms with Crippen LogP contribution < -0.4 is 14.8 Å². The molecule has 33 heavy (non-hydrogen) atoms. The molecule has 5 rings (SSSR count). The van der Waals surface area contributed by atoms with E-state index in [2.05, 4.69) is 10.1 Å². The van der Waals surface area contributed by atoms with E-state index in [9.17, 15) is 9.18 Å². The standard InChI is InChI=1S/C25H18FN3O3S/c1-2-31-19-10-3-16(4-11-19)5-14-23-27-25-29(28-23)24(30)22(33-25)15-20-12-13-21(32-20)17-6-8-18(26)9-7-17/h3-15H,2H2,1H3/b14-5+,22-15-. The number of hydrogen-bond acceptors (Lipinski definition) is 6. The number of fused-ring (bicyclic) bond motifs is 1. The first kappa shape index (κ1) is 20.8. The number of thiazole rings is 1. The predicted molar refractivity (Wildman–Crippen MR) is 127 cm³/mol. The van der Waals surface area contributed by atoms with E-state index in [-0.39, 0.29) is 11.4 Å². The minimum Gasteiger partial charge on any atom is -0.494 e. The van der Waals surface area contributed by atoms with Gasteiger partial charge in [0.2, 0.25) is 4.96 Å². The predicted octanol–water partition coefficient (Wildman–Crippen LogP) is 4.67. The van der Waals surface area contributed by atoms with E-state index in [1.165, 1.54) is 28.0 Å². The summed E-state index contributed by atoms with van der Waals surface area (Å²) in [7, 11) is 0. The second-order valence-corrected chi connectivity index (χ2v) is 8.13. The highest BCUT2D eigenvalue weighted by Crippen LogP contribution is 2.22.